The van der Waals surface area contributed by atoms with Gasteiger partial charge in [0.15, 0.2) is 0 Å². The first-order valence-electron chi connectivity index (χ1n) is 5.45. The van der Waals surface area contributed by atoms with Gasteiger partial charge in [0.25, 0.3) is 0 Å². The Morgan fingerprint density at radius 2 is 0.818 bits per heavy atom. The maximum Gasteiger partial charge on any atom is 0.137 e. The Morgan fingerprint density at radius 1 is 0.364 bits per heavy atom. The van der Waals surface area contributed by atoms with Gasteiger partial charge in [0.05, 0.1) is 40.2 Å². The van der Waals surface area contributed by atoms with Gasteiger partial charge in [-0.25, -0.2) is 0 Å². The highest BCUT2D eigenvalue weighted by atomic mass is 35.5. The smallest absolute Gasteiger partial charge is 0.105 e. The minimum absolute atomic E-state index is 0.0812. The zero-order valence-electron chi connectivity index (χ0n) is 9.90. The third-order valence-electron chi connectivity index (χ3n) is 3.22. The van der Waals surface area contributed by atoms with Crippen LogP contribution in [0.2, 0.25) is 30.1 Å². The monoisotopic (exact) mass is 471 g/mol. The summed E-state index contributed by atoms with van der Waals surface area (Å²) < 4.78 is 0. The van der Waals surface area contributed by atoms with E-state index in [2.05, 4.69) is 0 Å². The molecule has 0 heterocycles. The Hall–Kier alpha value is 1.05. The maximum absolute atomic E-state index is 6.27. The molecule has 2 aromatic rings. The Morgan fingerprint density at radius 3 is 1.32 bits per heavy atom. The maximum atomic E-state index is 6.27. The van der Waals surface area contributed by atoms with E-state index >= 15 is 0 Å². The molecular weight excluding hydrogens is 475 g/mol. The van der Waals surface area contributed by atoms with Gasteiger partial charge in [-0.1, -0.05) is 92.8 Å². The molecule has 0 aromatic heterocycles. The molecule has 1 aliphatic carbocycles. The van der Waals surface area contributed by atoms with Crippen molar-refractivity contribution in [2.75, 3.05) is 0 Å². The van der Waals surface area contributed by atoms with E-state index in [-0.39, 0.29) is 45.6 Å². The number of hydrogen-bond donors (Lipinski definition) is 0. The molecule has 0 N–H and O–H groups in total. The van der Waals surface area contributed by atoms with E-state index < -0.39 is 0 Å². The second-order valence-electron chi connectivity index (χ2n) is 4.33. The molecule has 22 heavy (non-hydrogen) atoms. The summed E-state index contributed by atoms with van der Waals surface area (Å²) in [4.78, 5) is 0. The molecule has 0 bridgehead atoms. The average molecular weight is 475 g/mol. The summed E-state index contributed by atoms with van der Waals surface area (Å²) >= 11 is 56.1. The number of allylic oxidation sites excluding steroid dienone is 1. The van der Waals surface area contributed by atoms with E-state index in [4.69, 9.17) is 104 Å². The van der Waals surface area contributed by atoms with Crippen LogP contribution in [0.3, 0.4) is 0 Å². The van der Waals surface area contributed by atoms with E-state index in [9.17, 15) is 0 Å². The SMILES string of the molecule is Cl[C]1C(Cl)=C(Cl)c2c(Cl)c(Cl)c(Cl)c3c(Cl)c(Cl)c(Cl)c1c23. The summed E-state index contributed by atoms with van der Waals surface area (Å²) in [5.74, 6) is 0. The number of halogens is 9. The molecular formula is C13Cl9. The van der Waals surface area contributed by atoms with Crippen LogP contribution in [0.5, 0.6) is 0 Å². The Kier molecular flexibility index (Phi) is 4.94. The molecule has 0 fully saturated rings. The van der Waals surface area contributed by atoms with Crippen LogP contribution in [-0.2, 0) is 0 Å². The van der Waals surface area contributed by atoms with Crippen molar-refractivity contribution in [1.82, 2.24) is 0 Å². The minimum Gasteiger partial charge on any atom is -0.105 e. The molecule has 0 aliphatic heterocycles. The van der Waals surface area contributed by atoms with Crippen LogP contribution in [0.1, 0.15) is 11.1 Å². The van der Waals surface area contributed by atoms with E-state index in [0.29, 0.717) is 21.9 Å². The summed E-state index contributed by atoms with van der Waals surface area (Å²) in [5, 5.41) is 1.82. The molecule has 0 saturated carbocycles. The van der Waals surface area contributed by atoms with Gasteiger partial charge in [0.1, 0.15) is 5.38 Å². The lowest BCUT2D eigenvalue weighted by molar-refractivity contribution is 1.45. The summed E-state index contributed by atoms with van der Waals surface area (Å²) in [6, 6.07) is 0. The van der Waals surface area contributed by atoms with Gasteiger partial charge in [0, 0.05) is 21.9 Å². The van der Waals surface area contributed by atoms with Crippen molar-refractivity contribution in [1.29, 1.82) is 0 Å². The average Bonchev–Trinajstić information content (AvgIpc) is 2.48. The Balaban J connectivity index is 2.74. The van der Waals surface area contributed by atoms with Gasteiger partial charge in [-0.3, -0.25) is 0 Å². The molecule has 0 unspecified atom stereocenters. The Labute approximate surface area is 170 Å². The molecule has 0 saturated heterocycles. The summed E-state index contributed by atoms with van der Waals surface area (Å²) in [7, 11) is 0. The van der Waals surface area contributed by atoms with E-state index in [1.165, 1.54) is 0 Å². The first-order chi connectivity index (χ1) is 10.2. The van der Waals surface area contributed by atoms with Crippen molar-refractivity contribution < 1.29 is 0 Å². The molecule has 0 nitrogen and oxygen atoms in total. The second kappa shape index (κ2) is 6.09. The van der Waals surface area contributed by atoms with E-state index in [1.54, 1.807) is 0 Å². The first kappa shape index (κ1) is 17.9. The van der Waals surface area contributed by atoms with Crippen molar-refractivity contribution in [3.05, 3.63) is 51.7 Å². The van der Waals surface area contributed by atoms with Gasteiger partial charge in [-0.2, -0.15) is 0 Å². The fourth-order valence-electron chi connectivity index (χ4n) is 2.27. The number of hydrogen-bond acceptors (Lipinski definition) is 0. The molecule has 0 spiro atoms. The van der Waals surface area contributed by atoms with Crippen molar-refractivity contribution in [2.45, 2.75) is 0 Å². The first-order valence-corrected chi connectivity index (χ1v) is 8.85. The second-order valence-corrected chi connectivity index (χ2v) is 7.73. The zero-order valence-corrected chi connectivity index (χ0v) is 16.7. The normalized spacial score (nSPS) is 15.1. The van der Waals surface area contributed by atoms with Crippen LogP contribution in [-0.4, -0.2) is 0 Å². The van der Waals surface area contributed by atoms with Gasteiger partial charge in [-0.15, -0.1) is 11.6 Å². The van der Waals surface area contributed by atoms with Gasteiger partial charge in [0.2, 0.25) is 0 Å². The lowest BCUT2D eigenvalue weighted by Crippen LogP contribution is -2.06. The quantitative estimate of drug-likeness (QED) is 0.334. The highest BCUT2D eigenvalue weighted by molar-refractivity contribution is 6.64. The highest BCUT2D eigenvalue weighted by Gasteiger charge is 2.35. The molecule has 0 amide bonds. The molecule has 3 rings (SSSR count). The summed E-state index contributed by atoms with van der Waals surface area (Å²) in [5.41, 5.74) is 0.718. The van der Waals surface area contributed by atoms with Crippen molar-refractivity contribution >= 4 is 120 Å². The number of rotatable bonds is 0. The summed E-state index contributed by atoms with van der Waals surface area (Å²) in [6.07, 6.45) is 0. The van der Waals surface area contributed by atoms with E-state index in [1.807, 2.05) is 0 Å². The van der Waals surface area contributed by atoms with Crippen LogP contribution >= 0.6 is 104 Å². The predicted molar refractivity (Wildman–Crippen MR) is 101 cm³/mol. The lowest BCUT2D eigenvalue weighted by Gasteiger charge is -2.26. The summed E-state index contributed by atoms with van der Waals surface area (Å²) in [6.45, 7) is 0. The molecule has 1 aliphatic rings. The van der Waals surface area contributed by atoms with Crippen LogP contribution in [0.4, 0.5) is 0 Å². The third kappa shape index (κ3) is 2.27. The molecule has 1 radical (unpaired) electrons. The minimum atomic E-state index is 0.0812. The molecule has 0 atom stereocenters. The third-order valence-corrected chi connectivity index (χ3v) is 7.21. The van der Waals surface area contributed by atoms with Gasteiger partial charge < -0.3 is 0 Å². The highest BCUT2D eigenvalue weighted by Crippen LogP contribution is 2.58. The molecule has 2 aromatic carbocycles. The largest absolute Gasteiger partial charge is 0.137 e. The van der Waals surface area contributed by atoms with Crippen LogP contribution < -0.4 is 0 Å². The predicted octanol–water partition coefficient (Wildman–Crippen LogP) is 9.04. The van der Waals surface area contributed by atoms with Gasteiger partial charge in [-0.05, 0) is 0 Å². The number of benzene rings is 2. The Bertz CT molecular complexity index is 873. The zero-order chi connectivity index (χ0) is 16.5. The van der Waals surface area contributed by atoms with E-state index in [0.717, 1.165) is 0 Å². The standard InChI is InChI=1S/C13Cl9/c14-5-2-1-3(7(16)11(5)20)9(18)13(22)10(19)4(1)8(17)12(21)6(2)15. The topological polar surface area (TPSA) is 0 Å². The molecule has 115 valence electrons. The van der Waals surface area contributed by atoms with Crippen LogP contribution in [0, 0.1) is 5.38 Å². The van der Waals surface area contributed by atoms with Gasteiger partial charge >= 0.3 is 0 Å². The van der Waals surface area contributed by atoms with Crippen molar-refractivity contribution in [3.8, 4) is 0 Å². The van der Waals surface area contributed by atoms with Crippen LogP contribution in [0.15, 0.2) is 5.03 Å². The molecule has 9 heteroatoms. The fraction of sp³-hybridized carbons (Fsp3) is 0. The fourth-order valence-corrected chi connectivity index (χ4v) is 4.83. The van der Waals surface area contributed by atoms with Crippen LogP contribution in [0.25, 0.3) is 15.8 Å². The van der Waals surface area contributed by atoms with Crippen molar-refractivity contribution in [2.24, 2.45) is 0 Å². The van der Waals surface area contributed by atoms with Crippen molar-refractivity contribution in [3.63, 3.8) is 0 Å². The lowest BCUT2D eigenvalue weighted by atomic mass is 9.92.